The maximum atomic E-state index is 13.7. The molecular weight excluding hydrogens is 460 g/mol. The van der Waals surface area contributed by atoms with Crippen LogP contribution in [0.25, 0.3) is 0 Å². The van der Waals surface area contributed by atoms with Crippen molar-refractivity contribution in [3.63, 3.8) is 0 Å². The van der Waals surface area contributed by atoms with Crippen molar-refractivity contribution in [2.24, 2.45) is 0 Å². The number of carbonyl (C=O) groups is 2. The summed E-state index contributed by atoms with van der Waals surface area (Å²) in [6, 6.07) is 18.5. The van der Waals surface area contributed by atoms with Gasteiger partial charge in [-0.15, -0.1) is 11.3 Å². The van der Waals surface area contributed by atoms with E-state index in [1.165, 1.54) is 4.88 Å². The van der Waals surface area contributed by atoms with Gasteiger partial charge < -0.3 is 19.3 Å². The first-order valence-corrected chi connectivity index (χ1v) is 12.9. The molecule has 4 rings (SSSR count). The number of ether oxygens (including phenoxy) is 2. The normalized spacial score (nSPS) is 15.7. The lowest BCUT2D eigenvalue weighted by Gasteiger charge is -2.38. The SMILES string of the molecule is CC[C@H](C)N(CC(=O)N1CCc2sccc2[C@@H]1COc1ccccc1)C(=O)c1ccc(OC)cc1. The minimum Gasteiger partial charge on any atom is -0.497 e. The molecule has 35 heavy (non-hydrogen) atoms. The van der Waals surface area contributed by atoms with Crippen LogP contribution in [0.1, 0.15) is 47.1 Å². The van der Waals surface area contributed by atoms with Crippen LogP contribution in [0.5, 0.6) is 11.5 Å². The first-order chi connectivity index (χ1) is 17.0. The number of benzene rings is 2. The molecule has 0 spiro atoms. The van der Waals surface area contributed by atoms with Crippen LogP contribution in [0.3, 0.4) is 0 Å². The van der Waals surface area contributed by atoms with E-state index in [2.05, 4.69) is 11.4 Å². The molecule has 0 radical (unpaired) electrons. The van der Waals surface area contributed by atoms with Crippen LogP contribution in [-0.4, -0.2) is 54.5 Å². The Bertz CT molecular complexity index is 1130. The molecule has 0 aliphatic carbocycles. The van der Waals surface area contributed by atoms with Crippen LogP contribution in [0.2, 0.25) is 0 Å². The Labute approximate surface area is 211 Å². The maximum Gasteiger partial charge on any atom is 0.254 e. The van der Waals surface area contributed by atoms with Gasteiger partial charge in [-0.2, -0.15) is 0 Å². The van der Waals surface area contributed by atoms with Gasteiger partial charge in [0.2, 0.25) is 5.91 Å². The number of carbonyl (C=O) groups excluding carboxylic acids is 2. The third-order valence-corrected chi connectivity index (χ3v) is 7.59. The fourth-order valence-electron chi connectivity index (χ4n) is 4.35. The lowest BCUT2D eigenvalue weighted by Crippen LogP contribution is -2.49. The van der Waals surface area contributed by atoms with Gasteiger partial charge in [0.25, 0.3) is 5.91 Å². The summed E-state index contributed by atoms with van der Waals surface area (Å²) >= 11 is 1.72. The second-order valence-corrected chi connectivity index (χ2v) is 9.70. The third kappa shape index (κ3) is 5.68. The van der Waals surface area contributed by atoms with E-state index < -0.39 is 0 Å². The first kappa shape index (κ1) is 24.8. The number of rotatable bonds is 9. The number of fused-ring (bicyclic) bond motifs is 1. The lowest BCUT2D eigenvalue weighted by atomic mass is 10.00. The molecule has 6 nitrogen and oxygen atoms in total. The summed E-state index contributed by atoms with van der Waals surface area (Å²) in [5, 5.41) is 2.08. The van der Waals surface area contributed by atoms with Crippen LogP contribution in [0.15, 0.2) is 66.0 Å². The smallest absolute Gasteiger partial charge is 0.254 e. The van der Waals surface area contributed by atoms with Crippen molar-refractivity contribution >= 4 is 23.2 Å². The van der Waals surface area contributed by atoms with Gasteiger partial charge in [-0.05, 0) is 73.2 Å². The Morgan fingerprint density at radius 3 is 2.51 bits per heavy atom. The standard InChI is InChI=1S/C28H32N2O4S/c1-4-20(2)30(28(32)21-10-12-22(33-3)13-11-21)18-27(31)29-16-14-26-24(15-17-35-26)25(29)19-34-23-8-6-5-7-9-23/h5-13,15,17,20,25H,4,14,16,18-19H2,1-3H3/t20-,25-/m0/s1. The van der Waals surface area contributed by atoms with E-state index in [0.29, 0.717) is 24.5 Å². The molecule has 2 aromatic carbocycles. The van der Waals surface area contributed by atoms with Crippen LogP contribution in [0.4, 0.5) is 0 Å². The van der Waals surface area contributed by atoms with Crippen molar-refractivity contribution in [1.82, 2.24) is 9.80 Å². The van der Waals surface area contributed by atoms with Crippen molar-refractivity contribution in [3.05, 3.63) is 82.0 Å². The summed E-state index contributed by atoms with van der Waals surface area (Å²) in [6.07, 6.45) is 1.57. The summed E-state index contributed by atoms with van der Waals surface area (Å²) in [7, 11) is 1.59. The summed E-state index contributed by atoms with van der Waals surface area (Å²) in [6.45, 7) is 5.02. The number of nitrogens with zero attached hydrogens (tertiary/aromatic N) is 2. The summed E-state index contributed by atoms with van der Waals surface area (Å²) in [4.78, 5) is 31.9. The average molecular weight is 493 g/mol. The van der Waals surface area contributed by atoms with E-state index >= 15 is 0 Å². The Kier molecular flexibility index (Phi) is 8.08. The van der Waals surface area contributed by atoms with E-state index in [-0.39, 0.29) is 30.4 Å². The van der Waals surface area contributed by atoms with Crippen molar-refractivity contribution in [2.45, 2.75) is 38.8 Å². The van der Waals surface area contributed by atoms with Crippen LogP contribution in [0, 0.1) is 0 Å². The third-order valence-electron chi connectivity index (χ3n) is 6.59. The van der Waals surface area contributed by atoms with Gasteiger partial charge in [0.1, 0.15) is 24.7 Å². The molecule has 1 aliphatic rings. The van der Waals surface area contributed by atoms with E-state index in [0.717, 1.165) is 24.2 Å². The Balaban J connectivity index is 1.53. The fourth-order valence-corrected chi connectivity index (χ4v) is 5.28. The predicted octanol–water partition coefficient (Wildman–Crippen LogP) is 5.20. The second-order valence-electron chi connectivity index (χ2n) is 8.69. The Hall–Kier alpha value is -3.32. The zero-order valence-electron chi connectivity index (χ0n) is 20.5. The van der Waals surface area contributed by atoms with E-state index in [1.807, 2.05) is 49.1 Å². The number of hydrogen-bond acceptors (Lipinski definition) is 5. The zero-order valence-corrected chi connectivity index (χ0v) is 21.3. The van der Waals surface area contributed by atoms with Crippen molar-refractivity contribution < 1.29 is 19.1 Å². The molecule has 184 valence electrons. The first-order valence-electron chi connectivity index (χ1n) is 12.0. The molecule has 3 aromatic rings. The molecule has 1 aromatic heterocycles. The number of thiophene rings is 1. The van der Waals surface area contributed by atoms with Crippen molar-refractivity contribution in [3.8, 4) is 11.5 Å². The van der Waals surface area contributed by atoms with Gasteiger partial charge in [-0.1, -0.05) is 25.1 Å². The highest BCUT2D eigenvalue weighted by molar-refractivity contribution is 7.10. The number of methoxy groups -OCH3 is 1. The van der Waals surface area contributed by atoms with E-state index in [9.17, 15) is 9.59 Å². The summed E-state index contributed by atoms with van der Waals surface area (Å²) in [5.41, 5.74) is 1.68. The maximum absolute atomic E-state index is 13.7. The topological polar surface area (TPSA) is 59.1 Å². The van der Waals surface area contributed by atoms with Gasteiger partial charge in [0.15, 0.2) is 0 Å². The zero-order chi connectivity index (χ0) is 24.8. The molecule has 2 atom stereocenters. The summed E-state index contributed by atoms with van der Waals surface area (Å²) in [5.74, 6) is 1.25. The highest BCUT2D eigenvalue weighted by atomic mass is 32.1. The van der Waals surface area contributed by atoms with Gasteiger partial charge >= 0.3 is 0 Å². The highest BCUT2D eigenvalue weighted by Gasteiger charge is 2.34. The molecule has 0 N–H and O–H groups in total. The minimum atomic E-state index is -0.187. The molecule has 2 heterocycles. The quantitative estimate of drug-likeness (QED) is 0.412. The van der Waals surface area contributed by atoms with Gasteiger partial charge in [0, 0.05) is 23.0 Å². The molecule has 0 saturated carbocycles. The molecule has 0 saturated heterocycles. The molecule has 0 fully saturated rings. The Morgan fingerprint density at radius 1 is 1.09 bits per heavy atom. The van der Waals surface area contributed by atoms with Crippen molar-refractivity contribution in [1.29, 1.82) is 0 Å². The molecule has 1 aliphatic heterocycles. The van der Waals surface area contributed by atoms with E-state index in [1.54, 1.807) is 47.6 Å². The molecule has 0 bridgehead atoms. The molecular formula is C28H32N2O4S. The largest absolute Gasteiger partial charge is 0.497 e. The molecule has 2 amide bonds. The van der Waals surface area contributed by atoms with Gasteiger partial charge in [0.05, 0.1) is 13.2 Å². The fraction of sp³-hybridized carbons (Fsp3) is 0.357. The number of hydrogen-bond donors (Lipinski definition) is 0. The van der Waals surface area contributed by atoms with E-state index in [4.69, 9.17) is 9.47 Å². The van der Waals surface area contributed by atoms with Gasteiger partial charge in [-0.3, -0.25) is 9.59 Å². The second kappa shape index (κ2) is 11.4. The average Bonchev–Trinajstić information content (AvgIpc) is 3.39. The van der Waals surface area contributed by atoms with Crippen LogP contribution >= 0.6 is 11.3 Å². The van der Waals surface area contributed by atoms with Crippen LogP contribution < -0.4 is 9.47 Å². The predicted molar refractivity (Wildman–Crippen MR) is 138 cm³/mol. The summed E-state index contributed by atoms with van der Waals surface area (Å²) < 4.78 is 11.3. The van der Waals surface area contributed by atoms with Crippen molar-refractivity contribution in [2.75, 3.05) is 26.8 Å². The van der Waals surface area contributed by atoms with Gasteiger partial charge in [-0.25, -0.2) is 0 Å². The molecule has 0 unspecified atom stereocenters. The lowest BCUT2D eigenvalue weighted by molar-refractivity contribution is -0.136. The number of para-hydroxylation sites is 1. The highest BCUT2D eigenvalue weighted by Crippen LogP contribution is 2.34. The Morgan fingerprint density at radius 2 is 1.83 bits per heavy atom. The monoisotopic (exact) mass is 492 g/mol. The minimum absolute atomic E-state index is 0.0289. The number of amides is 2. The molecule has 7 heteroatoms. The van der Waals surface area contributed by atoms with Crippen LogP contribution in [-0.2, 0) is 11.2 Å².